The summed E-state index contributed by atoms with van der Waals surface area (Å²) in [5.74, 6) is 0.0804. The van der Waals surface area contributed by atoms with Gasteiger partial charge in [0.2, 0.25) is 0 Å². The monoisotopic (exact) mass is 242 g/mol. The molecule has 3 heteroatoms. The van der Waals surface area contributed by atoms with Crippen molar-refractivity contribution in [2.24, 2.45) is 11.1 Å². The zero-order valence-electron chi connectivity index (χ0n) is 10.8. The molecular weight excluding hydrogens is 224 g/mol. The lowest BCUT2D eigenvalue weighted by Crippen LogP contribution is -2.35. The van der Waals surface area contributed by atoms with Gasteiger partial charge in [-0.2, -0.15) is 0 Å². The number of Topliss-reactive ketones (excluding diaryl/α,β-unsaturated/α-hetero) is 1. The van der Waals surface area contributed by atoms with E-state index in [1.54, 1.807) is 12.4 Å². The summed E-state index contributed by atoms with van der Waals surface area (Å²) < 4.78 is 0. The number of ketones is 1. The van der Waals surface area contributed by atoms with Gasteiger partial charge in [0.1, 0.15) is 0 Å². The Bertz CT molecular complexity index is 568. The Kier molecular flexibility index (Phi) is 3.43. The second kappa shape index (κ2) is 4.86. The van der Waals surface area contributed by atoms with Crippen LogP contribution in [0.5, 0.6) is 0 Å². The number of hydrogen-bond acceptors (Lipinski definition) is 3. The first kappa shape index (κ1) is 12.7. The quantitative estimate of drug-likeness (QED) is 0.839. The fraction of sp³-hybridized carbons (Fsp3) is 0.333. The van der Waals surface area contributed by atoms with Crippen LogP contribution in [0, 0.1) is 5.41 Å². The van der Waals surface area contributed by atoms with E-state index >= 15 is 0 Å². The predicted molar refractivity (Wildman–Crippen MR) is 73.5 cm³/mol. The van der Waals surface area contributed by atoms with Crippen LogP contribution in [0.2, 0.25) is 0 Å². The molecule has 2 N–H and O–H groups in total. The van der Waals surface area contributed by atoms with E-state index < -0.39 is 5.41 Å². The number of rotatable bonds is 4. The number of carbonyl (C=O) groups excluding carboxylic acids is 1. The third-order valence-electron chi connectivity index (χ3n) is 3.69. The second-order valence-electron chi connectivity index (χ2n) is 4.86. The third-order valence-corrected chi connectivity index (χ3v) is 3.69. The Morgan fingerprint density at radius 2 is 2.06 bits per heavy atom. The lowest BCUT2D eigenvalue weighted by molar-refractivity contribution is 0.0821. The molecule has 18 heavy (non-hydrogen) atoms. The summed E-state index contributed by atoms with van der Waals surface area (Å²) in [7, 11) is 0. The molecule has 1 aromatic heterocycles. The van der Waals surface area contributed by atoms with Crippen LogP contribution in [-0.4, -0.2) is 17.3 Å². The van der Waals surface area contributed by atoms with Gasteiger partial charge in [0, 0.05) is 35.3 Å². The van der Waals surface area contributed by atoms with Crippen molar-refractivity contribution in [2.45, 2.75) is 20.3 Å². The Hall–Kier alpha value is -1.74. The van der Waals surface area contributed by atoms with Crippen LogP contribution < -0.4 is 5.73 Å². The molecule has 3 nitrogen and oxygen atoms in total. The predicted octanol–water partition coefficient (Wildman–Crippen LogP) is 2.79. The van der Waals surface area contributed by atoms with Crippen LogP contribution in [0.15, 0.2) is 36.7 Å². The Labute approximate surface area is 107 Å². The van der Waals surface area contributed by atoms with Gasteiger partial charge in [-0.15, -0.1) is 0 Å². The van der Waals surface area contributed by atoms with Crippen LogP contribution in [0.4, 0.5) is 0 Å². The highest BCUT2D eigenvalue weighted by Gasteiger charge is 2.31. The summed E-state index contributed by atoms with van der Waals surface area (Å²) in [4.78, 5) is 16.8. The van der Waals surface area contributed by atoms with Gasteiger partial charge in [-0.1, -0.05) is 38.1 Å². The number of pyridine rings is 1. The van der Waals surface area contributed by atoms with E-state index in [1.807, 2.05) is 38.1 Å². The molecule has 0 spiro atoms. The Morgan fingerprint density at radius 3 is 2.72 bits per heavy atom. The van der Waals surface area contributed by atoms with Gasteiger partial charge >= 0.3 is 0 Å². The summed E-state index contributed by atoms with van der Waals surface area (Å²) in [6, 6.07) is 7.80. The van der Waals surface area contributed by atoms with Crippen molar-refractivity contribution in [2.75, 3.05) is 6.54 Å². The van der Waals surface area contributed by atoms with Gasteiger partial charge in [0.25, 0.3) is 0 Å². The summed E-state index contributed by atoms with van der Waals surface area (Å²) in [6.45, 7) is 4.26. The molecule has 0 saturated carbocycles. The van der Waals surface area contributed by atoms with E-state index in [-0.39, 0.29) is 5.78 Å². The lowest BCUT2D eigenvalue weighted by atomic mass is 9.79. The molecular formula is C15H18N2O. The molecule has 1 heterocycles. The molecule has 0 aliphatic heterocycles. The third kappa shape index (κ3) is 2.02. The fourth-order valence-corrected chi connectivity index (χ4v) is 2.02. The van der Waals surface area contributed by atoms with Gasteiger partial charge < -0.3 is 5.73 Å². The van der Waals surface area contributed by atoms with E-state index in [1.165, 1.54) is 0 Å². The van der Waals surface area contributed by atoms with E-state index in [2.05, 4.69) is 4.98 Å². The van der Waals surface area contributed by atoms with Crippen LogP contribution in [0.25, 0.3) is 10.8 Å². The van der Waals surface area contributed by atoms with Crippen molar-refractivity contribution in [3.63, 3.8) is 0 Å². The van der Waals surface area contributed by atoms with Crippen molar-refractivity contribution in [3.05, 3.63) is 42.2 Å². The van der Waals surface area contributed by atoms with Gasteiger partial charge in [0.05, 0.1) is 0 Å². The van der Waals surface area contributed by atoms with Gasteiger partial charge in [0.15, 0.2) is 5.78 Å². The molecule has 2 aromatic rings. The first-order chi connectivity index (χ1) is 8.62. The SMILES string of the molecule is CCC(C)(CN)C(=O)c1cncc2ccccc12. The molecule has 94 valence electrons. The maximum Gasteiger partial charge on any atom is 0.172 e. The van der Waals surface area contributed by atoms with Crippen LogP contribution in [0.3, 0.4) is 0 Å². The average molecular weight is 242 g/mol. The van der Waals surface area contributed by atoms with Crippen molar-refractivity contribution >= 4 is 16.6 Å². The largest absolute Gasteiger partial charge is 0.329 e. The second-order valence-corrected chi connectivity index (χ2v) is 4.86. The molecule has 1 atom stereocenters. The molecule has 0 aliphatic rings. The maximum absolute atomic E-state index is 12.6. The molecule has 0 aliphatic carbocycles. The van der Waals surface area contributed by atoms with Gasteiger partial charge in [-0.05, 0) is 11.8 Å². The van der Waals surface area contributed by atoms with Gasteiger partial charge in [-0.25, -0.2) is 0 Å². The lowest BCUT2D eigenvalue weighted by Gasteiger charge is -2.25. The fourth-order valence-electron chi connectivity index (χ4n) is 2.02. The zero-order valence-corrected chi connectivity index (χ0v) is 10.8. The van der Waals surface area contributed by atoms with E-state index in [0.717, 1.165) is 17.2 Å². The van der Waals surface area contributed by atoms with Crippen LogP contribution in [0.1, 0.15) is 30.6 Å². The average Bonchev–Trinajstić information content (AvgIpc) is 2.45. The molecule has 2 rings (SSSR count). The first-order valence-electron chi connectivity index (χ1n) is 6.20. The van der Waals surface area contributed by atoms with E-state index in [0.29, 0.717) is 12.1 Å². The summed E-state index contributed by atoms with van der Waals surface area (Å²) in [6.07, 6.45) is 4.15. The van der Waals surface area contributed by atoms with Crippen molar-refractivity contribution in [1.82, 2.24) is 4.98 Å². The number of carbonyl (C=O) groups is 1. The number of fused-ring (bicyclic) bond motifs is 1. The summed E-state index contributed by atoms with van der Waals surface area (Å²) in [5.41, 5.74) is 5.92. The maximum atomic E-state index is 12.6. The van der Waals surface area contributed by atoms with Gasteiger partial charge in [-0.3, -0.25) is 9.78 Å². The van der Waals surface area contributed by atoms with Crippen molar-refractivity contribution in [3.8, 4) is 0 Å². The minimum atomic E-state index is -0.508. The molecule has 0 amide bonds. The standard InChI is InChI=1S/C15H18N2O/c1-3-15(2,10-16)14(18)13-9-17-8-11-6-4-5-7-12(11)13/h4-9H,3,10,16H2,1-2H3. The topological polar surface area (TPSA) is 56.0 Å². The zero-order chi connectivity index (χ0) is 13.2. The summed E-state index contributed by atoms with van der Waals surface area (Å²) >= 11 is 0. The van der Waals surface area contributed by atoms with E-state index in [9.17, 15) is 4.79 Å². The highest BCUT2D eigenvalue weighted by molar-refractivity contribution is 6.10. The van der Waals surface area contributed by atoms with Crippen molar-refractivity contribution < 1.29 is 4.79 Å². The van der Waals surface area contributed by atoms with E-state index in [4.69, 9.17) is 5.73 Å². The van der Waals surface area contributed by atoms with Crippen LogP contribution >= 0.6 is 0 Å². The highest BCUT2D eigenvalue weighted by Crippen LogP contribution is 2.28. The first-order valence-corrected chi connectivity index (χ1v) is 6.20. The minimum absolute atomic E-state index is 0.0804. The number of nitrogens with zero attached hydrogens (tertiary/aromatic N) is 1. The number of aromatic nitrogens is 1. The molecule has 0 fully saturated rings. The molecule has 1 unspecified atom stereocenters. The highest BCUT2D eigenvalue weighted by atomic mass is 16.1. The molecule has 0 bridgehead atoms. The molecule has 1 aromatic carbocycles. The molecule has 0 saturated heterocycles. The Morgan fingerprint density at radius 1 is 1.33 bits per heavy atom. The summed E-state index contributed by atoms with van der Waals surface area (Å²) in [5, 5.41) is 1.93. The number of benzene rings is 1. The van der Waals surface area contributed by atoms with Crippen LogP contribution in [-0.2, 0) is 0 Å². The number of hydrogen-bond donors (Lipinski definition) is 1. The smallest absolute Gasteiger partial charge is 0.172 e. The van der Waals surface area contributed by atoms with Crippen molar-refractivity contribution in [1.29, 1.82) is 0 Å². The molecule has 0 radical (unpaired) electrons. The number of nitrogens with two attached hydrogens (primary N) is 1. The normalized spacial score (nSPS) is 14.4. The minimum Gasteiger partial charge on any atom is -0.329 e. The Balaban J connectivity index is 2.58.